The monoisotopic (exact) mass is 277 g/mol. The second-order valence-electron chi connectivity index (χ2n) is 6.53. The fraction of sp³-hybridized carbons (Fsp3) is 0.667. The first-order valence-corrected chi connectivity index (χ1v) is 7.81. The highest BCUT2D eigenvalue weighted by atomic mass is 16.5. The molecule has 0 radical (unpaired) electrons. The van der Waals surface area contributed by atoms with Crippen molar-refractivity contribution in [2.24, 2.45) is 11.8 Å². The fourth-order valence-corrected chi connectivity index (χ4v) is 2.77. The van der Waals surface area contributed by atoms with Gasteiger partial charge >= 0.3 is 0 Å². The summed E-state index contributed by atoms with van der Waals surface area (Å²) in [5, 5.41) is 0. The van der Waals surface area contributed by atoms with Crippen LogP contribution in [-0.2, 0) is 0 Å². The van der Waals surface area contributed by atoms with E-state index in [1.165, 1.54) is 12.0 Å². The van der Waals surface area contributed by atoms with Gasteiger partial charge in [-0.1, -0.05) is 39.8 Å². The minimum absolute atomic E-state index is 0.563. The largest absolute Gasteiger partial charge is 0.493 e. The second kappa shape index (κ2) is 8.31. The predicted octanol–water partition coefficient (Wildman–Crippen LogP) is 4.41. The number of hydrogen-bond donors (Lipinski definition) is 0. The first-order valence-electron chi connectivity index (χ1n) is 7.81. The minimum Gasteiger partial charge on any atom is -0.493 e. The van der Waals surface area contributed by atoms with Crippen molar-refractivity contribution < 1.29 is 4.74 Å². The number of rotatable bonds is 8. The molecule has 0 amide bonds. The minimum atomic E-state index is 0.563. The summed E-state index contributed by atoms with van der Waals surface area (Å²) < 4.78 is 5.85. The third kappa shape index (κ3) is 5.54. The Bertz CT molecular complexity index is 387. The Hall–Kier alpha value is -1.02. The molecule has 0 unspecified atom stereocenters. The first kappa shape index (κ1) is 17.0. The standard InChI is InChI=1S/C18H31NO/c1-7-18(15(4)12-19(5)6)16-9-8-10-17(11-16)20-13-14(2)3/h8-11,14-15,18H,7,12-13H2,1-6H3/t15-,18+/m0/s1. The molecule has 114 valence electrons. The van der Waals surface area contributed by atoms with Gasteiger partial charge in [0.15, 0.2) is 0 Å². The highest BCUT2D eigenvalue weighted by Gasteiger charge is 2.18. The molecular weight excluding hydrogens is 246 g/mol. The van der Waals surface area contributed by atoms with E-state index in [4.69, 9.17) is 4.74 Å². The Morgan fingerprint density at radius 1 is 1.15 bits per heavy atom. The molecule has 0 aliphatic carbocycles. The summed E-state index contributed by atoms with van der Waals surface area (Å²) in [5.41, 5.74) is 1.41. The highest BCUT2D eigenvalue weighted by molar-refractivity contribution is 5.31. The lowest BCUT2D eigenvalue weighted by molar-refractivity contribution is 0.269. The molecule has 2 atom stereocenters. The molecule has 0 heterocycles. The van der Waals surface area contributed by atoms with Crippen molar-refractivity contribution in [2.45, 2.75) is 40.0 Å². The van der Waals surface area contributed by atoms with Crippen molar-refractivity contribution in [3.05, 3.63) is 29.8 Å². The molecule has 20 heavy (non-hydrogen) atoms. The van der Waals surface area contributed by atoms with Crippen molar-refractivity contribution in [1.29, 1.82) is 0 Å². The van der Waals surface area contributed by atoms with Crippen molar-refractivity contribution in [1.82, 2.24) is 4.90 Å². The lowest BCUT2D eigenvalue weighted by atomic mass is 9.85. The summed E-state index contributed by atoms with van der Waals surface area (Å²) in [4.78, 5) is 2.27. The molecule has 0 N–H and O–H groups in total. The number of benzene rings is 1. The van der Waals surface area contributed by atoms with Gasteiger partial charge < -0.3 is 9.64 Å². The van der Waals surface area contributed by atoms with Gasteiger partial charge in [-0.05, 0) is 56.0 Å². The van der Waals surface area contributed by atoms with E-state index >= 15 is 0 Å². The molecule has 0 fully saturated rings. The van der Waals surface area contributed by atoms with Crippen LogP contribution in [0.3, 0.4) is 0 Å². The van der Waals surface area contributed by atoms with E-state index in [0.29, 0.717) is 17.8 Å². The molecular formula is C18H31NO. The smallest absolute Gasteiger partial charge is 0.119 e. The maximum absolute atomic E-state index is 5.85. The van der Waals surface area contributed by atoms with Crippen molar-refractivity contribution in [3.8, 4) is 5.75 Å². The van der Waals surface area contributed by atoms with Crippen LogP contribution >= 0.6 is 0 Å². The zero-order chi connectivity index (χ0) is 15.1. The molecule has 0 spiro atoms. The molecule has 1 rings (SSSR count). The molecule has 2 nitrogen and oxygen atoms in total. The Kier molecular flexibility index (Phi) is 7.08. The van der Waals surface area contributed by atoms with Gasteiger partial charge in [0.1, 0.15) is 5.75 Å². The molecule has 1 aromatic carbocycles. The van der Waals surface area contributed by atoms with Gasteiger partial charge in [-0.3, -0.25) is 0 Å². The molecule has 0 aliphatic rings. The van der Waals surface area contributed by atoms with E-state index in [1.54, 1.807) is 0 Å². The number of ether oxygens (including phenoxy) is 1. The Labute approximate surface area is 125 Å². The number of hydrogen-bond acceptors (Lipinski definition) is 2. The molecule has 0 saturated heterocycles. The zero-order valence-electron chi connectivity index (χ0n) is 14.0. The van der Waals surface area contributed by atoms with Crippen LogP contribution in [0.4, 0.5) is 0 Å². The van der Waals surface area contributed by atoms with Crippen molar-refractivity contribution in [3.63, 3.8) is 0 Å². The van der Waals surface area contributed by atoms with Gasteiger partial charge in [0.2, 0.25) is 0 Å². The molecule has 2 heteroatoms. The fourth-order valence-electron chi connectivity index (χ4n) is 2.77. The zero-order valence-corrected chi connectivity index (χ0v) is 14.0. The van der Waals surface area contributed by atoms with E-state index in [1.807, 2.05) is 0 Å². The van der Waals surface area contributed by atoms with Crippen LogP contribution in [0.15, 0.2) is 24.3 Å². The summed E-state index contributed by atoms with van der Waals surface area (Å²) >= 11 is 0. The van der Waals surface area contributed by atoms with Crippen molar-refractivity contribution >= 4 is 0 Å². The van der Waals surface area contributed by atoms with Crippen LogP contribution in [0.5, 0.6) is 5.75 Å². The van der Waals surface area contributed by atoms with Gasteiger partial charge in [0.25, 0.3) is 0 Å². The topological polar surface area (TPSA) is 12.5 Å². The molecule has 0 saturated carbocycles. The predicted molar refractivity (Wildman–Crippen MR) is 87.5 cm³/mol. The maximum Gasteiger partial charge on any atom is 0.119 e. The highest BCUT2D eigenvalue weighted by Crippen LogP contribution is 2.30. The quantitative estimate of drug-likeness (QED) is 0.698. The van der Waals surface area contributed by atoms with Crippen LogP contribution < -0.4 is 4.74 Å². The summed E-state index contributed by atoms with van der Waals surface area (Å²) in [6.07, 6.45) is 1.17. The van der Waals surface area contributed by atoms with Gasteiger partial charge in [-0.2, -0.15) is 0 Å². The van der Waals surface area contributed by atoms with Gasteiger partial charge in [-0.15, -0.1) is 0 Å². The molecule has 1 aromatic rings. The Balaban J connectivity index is 2.79. The van der Waals surface area contributed by atoms with Crippen LogP contribution in [0, 0.1) is 11.8 Å². The lowest BCUT2D eigenvalue weighted by Crippen LogP contribution is -2.24. The van der Waals surface area contributed by atoms with E-state index in [2.05, 4.69) is 71.0 Å². The second-order valence-corrected chi connectivity index (χ2v) is 6.53. The SMILES string of the molecule is CC[C@@H](c1cccc(OCC(C)C)c1)[C@@H](C)CN(C)C. The average Bonchev–Trinajstić information content (AvgIpc) is 2.37. The molecule has 0 aliphatic heterocycles. The molecule has 0 bridgehead atoms. The third-order valence-electron chi connectivity index (χ3n) is 3.65. The summed E-state index contributed by atoms with van der Waals surface area (Å²) in [5.74, 6) is 2.82. The Morgan fingerprint density at radius 2 is 1.85 bits per heavy atom. The van der Waals surface area contributed by atoms with E-state index in [9.17, 15) is 0 Å². The lowest BCUT2D eigenvalue weighted by Gasteiger charge is -2.26. The summed E-state index contributed by atoms with van der Waals surface area (Å²) in [6, 6.07) is 8.65. The van der Waals surface area contributed by atoms with Gasteiger partial charge in [-0.25, -0.2) is 0 Å². The molecule has 0 aromatic heterocycles. The number of nitrogens with zero attached hydrogens (tertiary/aromatic N) is 1. The van der Waals surface area contributed by atoms with E-state index in [0.717, 1.165) is 18.9 Å². The summed E-state index contributed by atoms with van der Waals surface area (Å²) in [6.45, 7) is 10.9. The maximum atomic E-state index is 5.85. The van der Waals surface area contributed by atoms with Crippen LogP contribution in [-0.4, -0.2) is 32.1 Å². The third-order valence-corrected chi connectivity index (χ3v) is 3.65. The van der Waals surface area contributed by atoms with E-state index < -0.39 is 0 Å². The van der Waals surface area contributed by atoms with Crippen molar-refractivity contribution in [2.75, 3.05) is 27.2 Å². The van der Waals surface area contributed by atoms with Gasteiger partial charge in [0.05, 0.1) is 6.61 Å². The van der Waals surface area contributed by atoms with E-state index in [-0.39, 0.29) is 0 Å². The van der Waals surface area contributed by atoms with Crippen LogP contribution in [0.2, 0.25) is 0 Å². The normalized spacial score (nSPS) is 14.6. The Morgan fingerprint density at radius 3 is 2.40 bits per heavy atom. The van der Waals surface area contributed by atoms with Gasteiger partial charge in [0, 0.05) is 6.54 Å². The summed E-state index contributed by atoms with van der Waals surface area (Å²) in [7, 11) is 4.29. The van der Waals surface area contributed by atoms with Crippen LogP contribution in [0.1, 0.15) is 45.6 Å². The average molecular weight is 277 g/mol. The first-order chi connectivity index (χ1) is 9.43. The van der Waals surface area contributed by atoms with Crippen LogP contribution in [0.25, 0.3) is 0 Å².